The zero-order valence-corrected chi connectivity index (χ0v) is 9.32. The number of likely N-dealkylation sites (tertiary alicyclic amines) is 1. The molecule has 2 atom stereocenters. The van der Waals surface area contributed by atoms with Gasteiger partial charge in [-0.15, -0.1) is 0 Å². The highest BCUT2D eigenvalue weighted by Gasteiger charge is 2.32. The van der Waals surface area contributed by atoms with Crippen LogP contribution in [0.25, 0.3) is 0 Å². The summed E-state index contributed by atoms with van der Waals surface area (Å²) in [5.74, 6) is -0.292. The molecule has 0 aromatic heterocycles. The number of nitrogens with zero attached hydrogens (tertiary/aromatic N) is 1. The van der Waals surface area contributed by atoms with Crippen molar-refractivity contribution in [1.82, 2.24) is 10.2 Å². The van der Waals surface area contributed by atoms with Crippen molar-refractivity contribution in [1.29, 1.82) is 0 Å². The van der Waals surface area contributed by atoms with Gasteiger partial charge >= 0.3 is 5.97 Å². The van der Waals surface area contributed by atoms with Crippen LogP contribution in [0.2, 0.25) is 0 Å². The zero-order valence-electron chi connectivity index (χ0n) is 9.32. The van der Waals surface area contributed by atoms with Gasteiger partial charge in [0.15, 0.2) is 0 Å². The Labute approximate surface area is 94.8 Å². The maximum absolute atomic E-state index is 12.0. The first-order valence-electron chi connectivity index (χ1n) is 5.88. The third-order valence-corrected chi connectivity index (χ3v) is 3.47. The van der Waals surface area contributed by atoms with Crippen LogP contribution in [0, 0.1) is 11.8 Å². The lowest BCUT2D eigenvalue weighted by Gasteiger charge is -2.19. The summed E-state index contributed by atoms with van der Waals surface area (Å²) in [6, 6.07) is 0. The first kappa shape index (κ1) is 11.4. The van der Waals surface area contributed by atoms with Crippen LogP contribution in [0.1, 0.15) is 19.3 Å². The Morgan fingerprint density at radius 1 is 1.38 bits per heavy atom. The van der Waals surface area contributed by atoms with Crippen LogP contribution in [-0.4, -0.2) is 48.1 Å². The quantitative estimate of drug-likeness (QED) is 0.706. The summed E-state index contributed by atoms with van der Waals surface area (Å²) in [5.41, 5.74) is 0. The van der Waals surface area contributed by atoms with Crippen molar-refractivity contribution in [3.8, 4) is 0 Å². The van der Waals surface area contributed by atoms with E-state index in [2.05, 4.69) is 5.32 Å². The molecule has 5 heteroatoms. The predicted molar refractivity (Wildman–Crippen MR) is 57.9 cm³/mol. The molecule has 0 spiro atoms. The summed E-state index contributed by atoms with van der Waals surface area (Å²) >= 11 is 0. The van der Waals surface area contributed by atoms with Gasteiger partial charge in [-0.25, -0.2) is 0 Å². The molecule has 0 aromatic rings. The van der Waals surface area contributed by atoms with Crippen molar-refractivity contribution in [3.05, 3.63) is 0 Å². The summed E-state index contributed by atoms with van der Waals surface area (Å²) in [6.07, 6.45) is 1.93. The predicted octanol–water partition coefficient (Wildman–Crippen LogP) is -0.0809. The molecule has 0 bridgehead atoms. The zero-order chi connectivity index (χ0) is 11.5. The minimum Gasteiger partial charge on any atom is -0.481 e. The van der Waals surface area contributed by atoms with E-state index in [4.69, 9.17) is 5.11 Å². The number of hydrogen-bond acceptors (Lipinski definition) is 3. The van der Waals surface area contributed by atoms with Crippen LogP contribution >= 0.6 is 0 Å². The lowest BCUT2D eigenvalue weighted by atomic mass is 10.1. The summed E-state index contributed by atoms with van der Waals surface area (Å²) in [5, 5.41) is 11.9. The second-order valence-electron chi connectivity index (χ2n) is 4.73. The summed E-state index contributed by atoms with van der Waals surface area (Å²) < 4.78 is 0. The standard InChI is InChI=1S/C11H18N2O3/c14-10(15)5-8-2-4-13(7-8)11(16)9-1-3-12-6-9/h8-9,12H,1-7H2,(H,14,15). The smallest absolute Gasteiger partial charge is 0.303 e. The van der Waals surface area contributed by atoms with Gasteiger partial charge in [-0.1, -0.05) is 0 Å². The number of carbonyl (C=O) groups is 2. The molecule has 16 heavy (non-hydrogen) atoms. The SMILES string of the molecule is O=C(O)CC1CCN(C(=O)C2CCNC2)C1. The molecule has 2 aliphatic rings. The van der Waals surface area contributed by atoms with Gasteiger partial charge in [-0.3, -0.25) is 9.59 Å². The summed E-state index contributed by atoms with van der Waals surface area (Å²) in [4.78, 5) is 24.4. The van der Waals surface area contributed by atoms with E-state index in [9.17, 15) is 9.59 Å². The molecule has 0 radical (unpaired) electrons. The van der Waals surface area contributed by atoms with Gasteiger partial charge in [0.1, 0.15) is 0 Å². The van der Waals surface area contributed by atoms with Gasteiger partial charge in [0.2, 0.25) is 5.91 Å². The molecule has 0 saturated carbocycles. The van der Waals surface area contributed by atoms with Gasteiger partial charge in [-0.05, 0) is 25.3 Å². The Balaban J connectivity index is 1.83. The van der Waals surface area contributed by atoms with E-state index < -0.39 is 5.97 Å². The number of carboxylic acid groups (broad SMARTS) is 1. The molecule has 2 saturated heterocycles. The van der Waals surface area contributed by atoms with Gasteiger partial charge < -0.3 is 15.3 Å². The molecule has 2 heterocycles. The van der Waals surface area contributed by atoms with Crippen LogP contribution in [-0.2, 0) is 9.59 Å². The maximum Gasteiger partial charge on any atom is 0.303 e. The van der Waals surface area contributed by atoms with E-state index >= 15 is 0 Å². The van der Waals surface area contributed by atoms with Crippen molar-refractivity contribution in [2.75, 3.05) is 26.2 Å². The lowest BCUT2D eigenvalue weighted by Crippen LogP contribution is -2.35. The number of aliphatic carboxylic acids is 1. The number of rotatable bonds is 3. The second kappa shape index (κ2) is 4.82. The average molecular weight is 226 g/mol. The van der Waals surface area contributed by atoms with Gasteiger partial charge in [0.25, 0.3) is 0 Å². The second-order valence-corrected chi connectivity index (χ2v) is 4.73. The molecule has 0 aromatic carbocycles. The van der Waals surface area contributed by atoms with Crippen LogP contribution in [0.4, 0.5) is 0 Å². The van der Waals surface area contributed by atoms with E-state index in [0.29, 0.717) is 6.54 Å². The molecule has 2 N–H and O–H groups in total. The molecule has 2 aliphatic heterocycles. The molecule has 0 aliphatic carbocycles. The van der Waals surface area contributed by atoms with Crippen molar-refractivity contribution < 1.29 is 14.7 Å². The van der Waals surface area contributed by atoms with Gasteiger partial charge in [-0.2, -0.15) is 0 Å². The minimum absolute atomic E-state index is 0.114. The summed E-state index contributed by atoms with van der Waals surface area (Å²) in [7, 11) is 0. The number of carboxylic acids is 1. The normalized spacial score (nSPS) is 29.6. The summed E-state index contributed by atoms with van der Waals surface area (Å²) in [6.45, 7) is 3.05. The van der Waals surface area contributed by atoms with Crippen LogP contribution in [0.15, 0.2) is 0 Å². The highest BCUT2D eigenvalue weighted by atomic mass is 16.4. The molecular weight excluding hydrogens is 208 g/mol. The average Bonchev–Trinajstić information content (AvgIpc) is 2.84. The molecule has 5 nitrogen and oxygen atoms in total. The maximum atomic E-state index is 12.0. The van der Waals surface area contributed by atoms with Gasteiger partial charge in [0.05, 0.1) is 5.92 Å². The van der Waals surface area contributed by atoms with E-state index in [1.54, 1.807) is 0 Å². The minimum atomic E-state index is -0.762. The number of carbonyl (C=O) groups excluding carboxylic acids is 1. The Morgan fingerprint density at radius 2 is 2.19 bits per heavy atom. The first-order chi connectivity index (χ1) is 7.66. The Morgan fingerprint density at radius 3 is 2.81 bits per heavy atom. The molecule has 1 amide bonds. The lowest BCUT2D eigenvalue weighted by molar-refractivity contribution is -0.139. The van der Waals surface area contributed by atoms with Crippen LogP contribution in [0.3, 0.4) is 0 Å². The number of nitrogens with one attached hydrogen (secondary N) is 1. The van der Waals surface area contributed by atoms with E-state index in [1.807, 2.05) is 4.90 Å². The monoisotopic (exact) mass is 226 g/mol. The van der Waals surface area contributed by atoms with Crippen molar-refractivity contribution >= 4 is 11.9 Å². The third-order valence-electron chi connectivity index (χ3n) is 3.47. The first-order valence-corrected chi connectivity index (χ1v) is 5.88. The third kappa shape index (κ3) is 2.52. The molecule has 90 valence electrons. The molecular formula is C11H18N2O3. The van der Waals surface area contributed by atoms with Crippen molar-refractivity contribution in [3.63, 3.8) is 0 Å². The number of hydrogen-bond donors (Lipinski definition) is 2. The Kier molecular flexibility index (Phi) is 3.43. The van der Waals surface area contributed by atoms with Crippen LogP contribution < -0.4 is 5.32 Å². The number of amides is 1. The fourth-order valence-electron chi connectivity index (χ4n) is 2.57. The topological polar surface area (TPSA) is 69.6 Å². The van der Waals surface area contributed by atoms with Crippen molar-refractivity contribution in [2.24, 2.45) is 11.8 Å². The molecule has 2 fully saturated rings. The highest BCUT2D eigenvalue weighted by molar-refractivity contribution is 5.79. The van der Waals surface area contributed by atoms with Gasteiger partial charge in [0, 0.05) is 26.1 Å². The van der Waals surface area contributed by atoms with E-state index in [-0.39, 0.29) is 24.2 Å². The Hall–Kier alpha value is -1.10. The van der Waals surface area contributed by atoms with Crippen LogP contribution in [0.5, 0.6) is 0 Å². The fourth-order valence-corrected chi connectivity index (χ4v) is 2.57. The fraction of sp³-hybridized carbons (Fsp3) is 0.818. The van der Waals surface area contributed by atoms with E-state index in [0.717, 1.165) is 32.5 Å². The van der Waals surface area contributed by atoms with Crippen molar-refractivity contribution in [2.45, 2.75) is 19.3 Å². The van der Waals surface area contributed by atoms with E-state index in [1.165, 1.54) is 0 Å². The molecule has 2 rings (SSSR count). The molecule has 2 unspecified atom stereocenters. The Bertz CT molecular complexity index is 287. The largest absolute Gasteiger partial charge is 0.481 e. The highest BCUT2D eigenvalue weighted by Crippen LogP contribution is 2.22.